The van der Waals surface area contributed by atoms with Crippen molar-refractivity contribution in [2.45, 2.75) is 97.3 Å². The van der Waals surface area contributed by atoms with E-state index in [-0.39, 0.29) is 0 Å². The molecule has 2 fully saturated rings. The minimum absolute atomic E-state index is 0.737. The minimum Gasteiger partial charge on any atom is -0.494 e. The Morgan fingerprint density at radius 2 is 1.48 bits per heavy atom. The Balaban J connectivity index is 1.35. The molecule has 170 valence electrons. The van der Waals surface area contributed by atoms with Crippen molar-refractivity contribution in [2.75, 3.05) is 6.61 Å². The quantitative estimate of drug-likeness (QED) is 0.287. The van der Waals surface area contributed by atoms with Crippen LogP contribution in [0.2, 0.25) is 0 Å². The Morgan fingerprint density at radius 3 is 2.13 bits per heavy atom. The molecule has 2 aliphatic carbocycles. The minimum atomic E-state index is 0.737. The largest absolute Gasteiger partial charge is 0.494 e. The van der Waals surface area contributed by atoms with Gasteiger partial charge in [-0.05, 0) is 99.0 Å². The zero-order valence-electron chi connectivity index (χ0n) is 20.1. The molecular weight excluding hydrogens is 376 g/mol. The van der Waals surface area contributed by atoms with Crippen LogP contribution in [0.15, 0.2) is 36.4 Å². The highest BCUT2D eigenvalue weighted by Gasteiger charge is 2.30. The van der Waals surface area contributed by atoms with Crippen LogP contribution >= 0.6 is 0 Å². The van der Waals surface area contributed by atoms with Gasteiger partial charge in [-0.1, -0.05) is 70.3 Å². The number of unbranched alkanes of at least 4 members (excludes halogenated alkanes) is 2. The van der Waals surface area contributed by atoms with E-state index in [9.17, 15) is 0 Å². The summed E-state index contributed by atoms with van der Waals surface area (Å²) in [4.78, 5) is 0. The average Bonchev–Trinajstić information content (AvgIpc) is 2.82. The molecule has 0 saturated heterocycles. The topological polar surface area (TPSA) is 9.23 Å². The highest BCUT2D eigenvalue weighted by atomic mass is 16.5. The molecule has 1 nitrogen and oxygen atoms in total. The van der Waals surface area contributed by atoms with Gasteiger partial charge in [0.05, 0.1) is 6.61 Å². The van der Waals surface area contributed by atoms with E-state index in [1.807, 2.05) is 12.1 Å². The fraction of sp³-hybridized carbons (Fsp3) is 0.667. The standard InChI is InChI=1S/C30H44O/c1-3-5-9-25-12-18-28(19-13-25)29-20-14-26(15-21-29)10-7-8-11-27-16-22-30(23-17-27)31-24-6-4-2/h7,10,16-17,22-23,25-26,28-29H,3-6,9,12-15,18-21,24H2,1-2H3/b10-7+. The lowest BCUT2D eigenvalue weighted by Gasteiger charge is -2.37. The molecule has 0 radical (unpaired) electrons. The van der Waals surface area contributed by atoms with E-state index in [4.69, 9.17) is 4.74 Å². The maximum absolute atomic E-state index is 5.72. The van der Waals surface area contributed by atoms with Crippen LogP contribution in [0.1, 0.15) is 103 Å². The molecule has 0 bridgehead atoms. The molecular formula is C30H44O. The van der Waals surface area contributed by atoms with E-state index < -0.39 is 0 Å². The Hall–Kier alpha value is -1.68. The molecule has 0 spiro atoms. The zero-order valence-corrected chi connectivity index (χ0v) is 20.1. The summed E-state index contributed by atoms with van der Waals surface area (Å²) in [6.45, 7) is 5.31. The third kappa shape index (κ3) is 8.40. The Labute approximate surface area is 192 Å². The second kappa shape index (κ2) is 13.7. The molecule has 3 rings (SSSR count). The van der Waals surface area contributed by atoms with Crippen LogP contribution in [0.3, 0.4) is 0 Å². The van der Waals surface area contributed by atoms with Crippen LogP contribution in [-0.4, -0.2) is 6.61 Å². The first-order chi connectivity index (χ1) is 15.3. The maximum atomic E-state index is 5.72. The van der Waals surface area contributed by atoms with Crippen molar-refractivity contribution in [3.8, 4) is 17.6 Å². The molecule has 2 saturated carbocycles. The Kier molecular flexibility index (Phi) is 10.6. The van der Waals surface area contributed by atoms with E-state index >= 15 is 0 Å². The van der Waals surface area contributed by atoms with Crippen LogP contribution < -0.4 is 4.74 Å². The van der Waals surface area contributed by atoms with Crippen molar-refractivity contribution in [2.24, 2.45) is 23.7 Å². The molecule has 0 aliphatic heterocycles. The summed E-state index contributed by atoms with van der Waals surface area (Å²) in [7, 11) is 0. The van der Waals surface area contributed by atoms with Gasteiger partial charge in [0.15, 0.2) is 0 Å². The summed E-state index contributed by atoms with van der Waals surface area (Å²) in [5.74, 6) is 11.3. The van der Waals surface area contributed by atoms with Gasteiger partial charge < -0.3 is 4.74 Å². The summed E-state index contributed by atoms with van der Waals surface area (Å²) in [6.07, 6.45) is 22.6. The fourth-order valence-electron chi connectivity index (χ4n) is 5.53. The summed E-state index contributed by atoms with van der Waals surface area (Å²) in [5.41, 5.74) is 1.06. The second-order valence-corrected chi connectivity index (χ2v) is 9.95. The van der Waals surface area contributed by atoms with Crippen molar-refractivity contribution in [3.63, 3.8) is 0 Å². The van der Waals surface area contributed by atoms with Gasteiger partial charge in [-0.2, -0.15) is 0 Å². The first kappa shape index (κ1) is 24.0. The maximum Gasteiger partial charge on any atom is 0.119 e. The summed E-state index contributed by atoms with van der Waals surface area (Å²) < 4.78 is 5.72. The molecule has 2 aliphatic rings. The Bertz CT molecular complexity index is 688. The summed E-state index contributed by atoms with van der Waals surface area (Å²) in [6, 6.07) is 8.18. The highest BCUT2D eigenvalue weighted by Crippen LogP contribution is 2.42. The molecule has 0 N–H and O–H groups in total. The SMILES string of the molecule is CCCCOc1ccc(C#C/C=C/C2CCC(C3CCC(CCCC)CC3)CC2)cc1. The highest BCUT2D eigenvalue weighted by molar-refractivity contribution is 5.40. The predicted molar refractivity (Wildman–Crippen MR) is 133 cm³/mol. The zero-order chi connectivity index (χ0) is 21.7. The molecule has 0 atom stereocenters. The lowest BCUT2D eigenvalue weighted by Crippen LogP contribution is -2.25. The molecule has 31 heavy (non-hydrogen) atoms. The number of hydrogen-bond donors (Lipinski definition) is 0. The van der Waals surface area contributed by atoms with Crippen molar-refractivity contribution in [1.82, 2.24) is 0 Å². The van der Waals surface area contributed by atoms with E-state index in [1.165, 1.54) is 70.6 Å². The fourth-order valence-corrected chi connectivity index (χ4v) is 5.53. The lowest BCUT2D eigenvalue weighted by atomic mass is 9.68. The summed E-state index contributed by atoms with van der Waals surface area (Å²) in [5, 5.41) is 0. The van der Waals surface area contributed by atoms with Crippen molar-refractivity contribution < 1.29 is 4.74 Å². The van der Waals surface area contributed by atoms with E-state index in [1.54, 1.807) is 0 Å². The molecule has 0 amide bonds. The van der Waals surface area contributed by atoms with Gasteiger partial charge in [-0.15, -0.1) is 0 Å². The van der Waals surface area contributed by atoms with Gasteiger partial charge in [-0.25, -0.2) is 0 Å². The van der Waals surface area contributed by atoms with Crippen molar-refractivity contribution in [1.29, 1.82) is 0 Å². The Morgan fingerprint density at radius 1 is 0.839 bits per heavy atom. The van der Waals surface area contributed by atoms with Crippen LogP contribution in [0.4, 0.5) is 0 Å². The predicted octanol–water partition coefficient (Wildman–Crippen LogP) is 8.58. The van der Waals surface area contributed by atoms with Gasteiger partial charge in [0, 0.05) is 5.56 Å². The van der Waals surface area contributed by atoms with E-state index in [0.717, 1.165) is 54.4 Å². The van der Waals surface area contributed by atoms with Gasteiger partial charge in [-0.3, -0.25) is 0 Å². The average molecular weight is 421 g/mol. The second-order valence-electron chi connectivity index (χ2n) is 9.95. The third-order valence-corrected chi connectivity index (χ3v) is 7.63. The van der Waals surface area contributed by atoms with Gasteiger partial charge in [0.2, 0.25) is 0 Å². The number of hydrogen-bond acceptors (Lipinski definition) is 1. The smallest absolute Gasteiger partial charge is 0.119 e. The molecule has 0 aromatic heterocycles. The van der Waals surface area contributed by atoms with E-state index in [0.29, 0.717) is 0 Å². The molecule has 1 aromatic carbocycles. The normalized spacial score (nSPS) is 26.4. The molecule has 0 heterocycles. The molecule has 1 aromatic rings. The third-order valence-electron chi connectivity index (χ3n) is 7.63. The van der Waals surface area contributed by atoms with Crippen LogP contribution in [0.5, 0.6) is 5.75 Å². The number of ether oxygens (including phenoxy) is 1. The molecule has 0 unspecified atom stereocenters. The van der Waals surface area contributed by atoms with E-state index in [2.05, 4.69) is 50.0 Å². The monoisotopic (exact) mass is 420 g/mol. The summed E-state index contributed by atoms with van der Waals surface area (Å²) >= 11 is 0. The van der Waals surface area contributed by atoms with Gasteiger partial charge in [0.25, 0.3) is 0 Å². The lowest BCUT2D eigenvalue weighted by molar-refractivity contribution is 0.152. The first-order valence-corrected chi connectivity index (χ1v) is 13.2. The first-order valence-electron chi connectivity index (χ1n) is 13.2. The number of benzene rings is 1. The van der Waals surface area contributed by atoms with Crippen LogP contribution in [0, 0.1) is 35.5 Å². The van der Waals surface area contributed by atoms with Crippen molar-refractivity contribution >= 4 is 0 Å². The van der Waals surface area contributed by atoms with Gasteiger partial charge in [0.1, 0.15) is 5.75 Å². The van der Waals surface area contributed by atoms with Crippen molar-refractivity contribution in [3.05, 3.63) is 42.0 Å². The number of rotatable bonds is 9. The van der Waals surface area contributed by atoms with Crippen LogP contribution in [-0.2, 0) is 0 Å². The molecule has 1 heteroatoms. The van der Waals surface area contributed by atoms with Crippen LogP contribution in [0.25, 0.3) is 0 Å². The number of allylic oxidation sites excluding steroid dienone is 2. The van der Waals surface area contributed by atoms with Gasteiger partial charge >= 0.3 is 0 Å².